The Hall–Kier alpha value is -2.70. The Bertz CT molecular complexity index is 1070. The van der Waals surface area contributed by atoms with Gasteiger partial charge in [0.05, 0.1) is 0 Å². The van der Waals surface area contributed by atoms with E-state index in [0.29, 0.717) is 11.7 Å². The Balaban J connectivity index is 1.17. The molecule has 1 saturated heterocycles. The molecule has 3 aromatic carbocycles. The highest BCUT2D eigenvalue weighted by Crippen LogP contribution is 2.30. The first-order valence-corrected chi connectivity index (χ1v) is 13.6. The number of rotatable bonds is 12. The van der Waals surface area contributed by atoms with Gasteiger partial charge in [-0.25, -0.2) is 8.78 Å². The third kappa shape index (κ3) is 7.89. The van der Waals surface area contributed by atoms with Crippen molar-refractivity contribution in [2.75, 3.05) is 26.2 Å². The van der Waals surface area contributed by atoms with Crippen molar-refractivity contribution < 1.29 is 13.9 Å². The number of benzene rings is 3. The van der Waals surface area contributed by atoms with Gasteiger partial charge in [0.25, 0.3) is 0 Å². The fourth-order valence-electron chi connectivity index (χ4n) is 5.63. The second kappa shape index (κ2) is 13.2. The van der Waals surface area contributed by atoms with Gasteiger partial charge in [0.2, 0.25) is 0 Å². The second-order valence-corrected chi connectivity index (χ2v) is 10.7. The van der Waals surface area contributed by atoms with Crippen molar-refractivity contribution in [1.82, 2.24) is 10.2 Å². The van der Waals surface area contributed by atoms with E-state index >= 15 is 0 Å². The molecule has 2 N–H and O–H groups in total. The fraction of sp³-hybridized carbons (Fsp3) is 0.419. The van der Waals surface area contributed by atoms with Crippen LogP contribution in [0.2, 0.25) is 0 Å². The summed E-state index contributed by atoms with van der Waals surface area (Å²) in [5, 5.41) is 13.6. The lowest BCUT2D eigenvalue weighted by Gasteiger charge is -2.19. The number of nitrogens with one attached hydrogen (secondary N) is 1. The van der Waals surface area contributed by atoms with Crippen LogP contribution in [0.1, 0.15) is 60.3 Å². The number of aryl methyl sites for hydroxylation is 1. The highest BCUT2D eigenvalue weighted by atomic mass is 19.1. The van der Waals surface area contributed by atoms with Crippen molar-refractivity contribution in [2.45, 2.75) is 51.5 Å². The van der Waals surface area contributed by atoms with Crippen LogP contribution in [0.15, 0.2) is 60.7 Å². The van der Waals surface area contributed by atoms with Gasteiger partial charge in [-0.3, -0.25) is 0 Å². The molecule has 4 rings (SSSR count). The molecule has 0 radical (unpaired) electrons. The van der Waals surface area contributed by atoms with E-state index < -0.39 is 0 Å². The first-order valence-electron chi connectivity index (χ1n) is 13.6. The maximum atomic E-state index is 13.5. The second-order valence-electron chi connectivity index (χ2n) is 10.7. The van der Waals surface area contributed by atoms with E-state index in [1.54, 1.807) is 0 Å². The van der Waals surface area contributed by atoms with Crippen molar-refractivity contribution in [1.29, 1.82) is 0 Å². The molecule has 37 heavy (non-hydrogen) atoms. The van der Waals surface area contributed by atoms with Crippen LogP contribution in [-0.2, 0) is 6.54 Å². The molecule has 1 atom stereocenters. The van der Waals surface area contributed by atoms with Gasteiger partial charge in [-0.1, -0.05) is 49.2 Å². The van der Waals surface area contributed by atoms with Gasteiger partial charge in [-0.2, -0.15) is 0 Å². The molecule has 3 nitrogen and oxygen atoms in total. The summed E-state index contributed by atoms with van der Waals surface area (Å²) < 4.78 is 26.9. The van der Waals surface area contributed by atoms with Crippen LogP contribution in [0.4, 0.5) is 8.78 Å². The summed E-state index contributed by atoms with van der Waals surface area (Å²) in [5.74, 6) is 0.777. The fourth-order valence-corrected chi connectivity index (χ4v) is 5.63. The summed E-state index contributed by atoms with van der Waals surface area (Å²) in [4.78, 5) is 2.58. The van der Waals surface area contributed by atoms with Gasteiger partial charge in [0, 0.05) is 19.0 Å². The van der Waals surface area contributed by atoms with Gasteiger partial charge in [-0.05, 0) is 104 Å². The van der Waals surface area contributed by atoms with E-state index in [9.17, 15) is 13.9 Å². The number of halogens is 2. The average molecular weight is 504 g/mol. The third-order valence-corrected chi connectivity index (χ3v) is 7.69. The summed E-state index contributed by atoms with van der Waals surface area (Å²) in [6.45, 7) is 7.25. The number of hydrogen-bond donors (Lipinski definition) is 2. The quantitative estimate of drug-likeness (QED) is 0.268. The number of phenols is 1. The molecule has 0 spiro atoms. The Morgan fingerprint density at radius 2 is 1.62 bits per heavy atom. The molecule has 1 unspecified atom stereocenters. The zero-order chi connectivity index (χ0) is 26.2. The molecule has 6 heteroatoms. The van der Waals surface area contributed by atoms with Crippen LogP contribution in [0.5, 0.6) is 5.75 Å². The normalized spacial score (nSPS) is 16.1. The predicted octanol–water partition coefficient (Wildman–Crippen LogP) is 5.04. The molecule has 1 aliphatic rings. The van der Waals surface area contributed by atoms with Crippen molar-refractivity contribution in [3.8, 4) is 5.75 Å². The predicted molar refractivity (Wildman–Crippen MR) is 150 cm³/mol. The topological polar surface area (TPSA) is 35.5 Å². The highest BCUT2D eigenvalue weighted by Gasteiger charge is 2.22. The van der Waals surface area contributed by atoms with Crippen LogP contribution in [-0.4, -0.2) is 44.0 Å². The first kappa shape index (κ1) is 27.3. The molecule has 0 aromatic heterocycles. The summed E-state index contributed by atoms with van der Waals surface area (Å²) >= 11 is 0. The molecule has 0 saturated carbocycles. The van der Waals surface area contributed by atoms with Crippen LogP contribution in [0.25, 0.3) is 0 Å². The van der Waals surface area contributed by atoms with E-state index in [-0.39, 0.29) is 17.6 Å². The maximum absolute atomic E-state index is 13.5. The Kier molecular flexibility index (Phi) is 9.76. The number of likely N-dealkylation sites (tertiary alicyclic amines) is 1. The molecule has 1 heterocycles. The SMILES string of the molecule is Bc1cc(CNCC2CCN(CCCCCC(c3ccc(F)cc3)c3ccc(F)cc3)C2)cc(C)c1O. The minimum absolute atomic E-state index is 0.157. The molecular weight excluding hydrogens is 465 g/mol. The number of unbranched alkanes of at least 4 members (excludes halogenated alkanes) is 2. The molecule has 196 valence electrons. The number of hydrogen-bond acceptors (Lipinski definition) is 3. The maximum Gasteiger partial charge on any atom is 0.144 e. The summed E-state index contributed by atoms with van der Waals surface area (Å²) in [6.07, 6.45) is 5.62. The Morgan fingerprint density at radius 1 is 0.973 bits per heavy atom. The molecule has 1 aliphatic heterocycles. The van der Waals surface area contributed by atoms with Crippen LogP contribution < -0.4 is 10.8 Å². The lowest BCUT2D eigenvalue weighted by atomic mass is 9.87. The van der Waals surface area contributed by atoms with Gasteiger partial charge < -0.3 is 15.3 Å². The van der Waals surface area contributed by atoms with Crippen LogP contribution in [0.3, 0.4) is 0 Å². The largest absolute Gasteiger partial charge is 0.508 e. The Morgan fingerprint density at radius 3 is 2.24 bits per heavy atom. The lowest BCUT2D eigenvalue weighted by Crippen LogP contribution is -2.27. The minimum Gasteiger partial charge on any atom is -0.508 e. The van der Waals surface area contributed by atoms with Gasteiger partial charge >= 0.3 is 0 Å². The van der Waals surface area contributed by atoms with E-state index in [2.05, 4.69) is 22.3 Å². The third-order valence-electron chi connectivity index (χ3n) is 7.69. The van der Waals surface area contributed by atoms with Gasteiger partial charge in [0.1, 0.15) is 25.2 Å². The summed E-state index contributed by atoms with van der Waals surface area (Å²) in [7, 11) is 1.95. The monoisotopic (exact) mass is 504 g/mol. The van der Waals surface area contributed by atoms with Gasteiger partial charge in [-0.15, -0.1) is 0 Å². The molecule has 0 amide bonds. The number of nitrogens with zero attached hydrogens (tertiary/aromatic N) is 1. The van der Waals surface area contributed by atoms with E-state index in [0.717, 1.165) is 74.1 Å². The van der Waals surface area contributed by atoms with Crippen LogP contribution in [0, 0.1) is 24.5 Å². The molecule has 3 aromatic rings. The van der Waals surface area contributed by atoms with Crippen molar-refractivity contribution >= 4 is 13.3 Å². The average Bonchev–Trinajstić information content (AvgIpc) is 3.34. The standard InChI is InChI=1S/C31H39BF2N2O/c1-22-17-24(18-30(32)31(22)37)20-35-19-23-14-16-36(21-23)15-4-2-3-5-29(25-6-10-27(33)11-7-25)26-8-12-28(34)13-9-26/h6-13,17-18,23,29,35,37H,2-5,14-16,19-21,32H2,1H3. The van der Waals surface area contributed by atoms with E-state index in [1.807, 2.05) is 39.0 Å². The van der Waals surface area contributed by atoms with Crippen molar-refractivity contribution in [2.24, 2.45) is 5.92 Å². The first-order chi connectivity index (χ1) is 17.9. The molecule has 1 fully saturated rings. The van der Waals surface area contributed by atoms with Crippen LogP contribution >= 0.6 is 0 Å². The van der Waals surface area contributed by atoms with Crippen molar-refractivity contribution in [3.63, 3.8) is 0 Å². The lowest BCUT2D eigenvalue weighted by molar-refractivity contribution is 0.312. The van der Waals surface area contributed by atoms with E-state index in [1.165, 1.54) is 42.7 Å². The smallest absolute Gasteiger partial charge is 0.144 e. The minimum atomic E-state index is -0.230. The number of phenolic OH excluding ortho intramolecular Hbond substituents is 1. The zero-order valence-electron chi connectivity index (χ0n) is 22.1. The van der Waals surface area contributed by atoms with Gasteiger partial charge in [0.15, 0.2) is 0 Å². The van der Waals surface area contributed by atoms with E-state index in [4.69, 9.17) is 0 Å². The molecule has 0 bridgehead atoms. The molecular formula is C31H39BF2N2O. The number of aromatic hydroxyl groups is 1. The highest BCUT2D eigenvalue weighted by molar-refractivity contribution is 6.34. The molecule has 0 aliphatic carbocycles. The Labute approximate surface area is 221 Å². The zero-order valence-corrected chi connectivity index (χ0v) is 22.1. The summed E-state index contributed by atoms with van der Waals surface area (Å²) in [6, 6.07) is 17.6. The van der Waals surface area contributed by atoms with Crippen molar-refractivity contribution in [3.05, 3.63) is 94.6 Å². The summed E-state index contributed by atoms with van der Waals surface area (Å²) in [5.41, 5.74) is 5.26.